The Hall–Kier alpha value is -2.94. The summed E-state index contributed by atoms with van der Waals surface area (Å²) in [6, 6.07) is 18.2. The molecule has 4 rings (SSSR count). The summed E-state index contributed by atoms with van der Waals surface area (Å²) in [5, 5.41) is 1.88. The SMILES string of the molecule is CCCCCCCCc1ccc(-c2ccc3c(c2)c(=O)oc2c(F)c(CCCCCC)ccc23)cc1. The minimum atomic E-state index is -0.485. The van der Waals surface area contributed by atoms with Gasteiger partial charge in [-0.05, 0) is 54.0 Å². The number of halogens is 1. The molecule has 1 aromatic heterocycles. The van der Waals surface area contributed by atoms with Crippen LogP contribution in [0, 0.1) is 5.82 Å². The van der Waals surface area contributed by atoms with E-state index in [4.69, 9.17) is 4.42 Å². The van der Waals surface area contributed by atoms with Gasteiger partial charge in [0, 0.05) is 10.8 Å². The van der Waals surface area contributed by atoms with Crippen molar-refractivity contribution in [3.63, 3.8) is 0 Å². The fourth-order valence-corrected chi connectivity index (χ4v) is 5.09. The van der Waals surface area contributed by atoms with Gasteiger partial charge in [0.1, 0.15) is 0 Å². The van der Waals surface area contributed by atoms with Crippen molar-refractivity contribution in [1.82, 2.24) is 0 Å². The molecule has 0 saturated carbocycles. The number of unbranched alkanes of at least 4 members (excludes halogenated alkanes) is 8. The molecule has 0 amide bonds. The van der Waals surface area contributed by atoms with Crippen molar-refractivity contribution >= 4 is 21.7 Å². The molecule has 0 fully saturated rings. The third-order valence-corrected chi connectivity index (χ3v) is 7.31. The first kappa shape index (κ1) is 26.1. The standard InChI is InChI=1S/C33H39FO2/c1-3-5-7-9-10-11-13-24-15-17-25(18-16-24)27-20-21-28-29-22-19-26(14-12-8-6-4-2)31(34)32(29)36-33(35)30(28)23-27/h15-23H,3-14H2,1-2H3. The molecule has 0 spiro atoms. The van der Waals surface area contributed by atoms with Gasteiger partial charge in [0.05, 0.1) is 5.39 Å². The van der Waals surface area contributed by atoms with Crippen molar-refractivity contribution in [3.8, 4) is 11.1 Å². The molecule has 0 radical (unpaired) electrons. The van der Waals surface area contributed by atoms with Gasteiger partial charge in [-0.15, -0.1) is 0 Å². The van der Waals surface area contributed by atoms with E-state index in [0.717, 1.165) is 48.6 Å². The molecule has 36 heavy (non-hydrogen) atoms. The topological polar surface area (TPSA) is 30.2 Å². The van der Waals surface area contributed by atoms with E-state index in [-0.39, 0.29) is 5.58 Å². The summed E-state index contributed by atoms with van der Waals surface area (Å²) >= 11 is 0. The summed E-state index contributed by atoms with van der Waals surface area (Å²) in [5.41, 5.74) is 3.60. The van der Waals surface area contributed by atoms with Gasteiger partial charge in [-0.25, -0.2) is 9.18 Å². The summed E-state index contributed by atoms with van der Waals surface area (Å²) in [7, 11) is 0. The predicted octanol–water partition coefficient (Wildman–Crippen LogP) is 9.78. The Morgan fingerprint density at radius 2 is 1.25 bits per heavy atom. The van der Waals surface area contributed by atoms with Gasteiger partial charge in [0.2, 0.25) is 0 Å². The Kier molecular flexibility index (Phi) is 9.33. The third kappa shape index (κ3) is 6.24. The summed E-state index contributed by atoms with van der Waals surface area (Å²) in [5.74, 6) is -0.395. The third-order valence-electron chi connectivity index (χ3n) is 7.31. The minimum Gasteiger partial charge on any atom is -0.419 e. The van der Waals surface area contributed by atoms with Crippen molar-refractivity contribution in [2.75, 3.05) is 0 Å². The molecule has 0 unspecified atom stereocenters. The van der Waals surface area contributed by atoms with Crippen LogP contribution in [0.3, 0.4) is 0 Å². The summed E-state index contributed by atoms with van der Waals surface area (Å²) < 4.78 is 20.7. The molecule has 3 heteroatoms. The van der Waals surface area contributed by atoms with Crippen LogP contribution in [0.2, 0.25) is 0 Å². The lowest BCUT2D eigenvalue weighted by molar-refractivity contribution is 0.522. The normalized spacial score (nSPS) is 11.5. The monoisotopic (exact) mass is 486 g/mol. The molecule has 2 nitrogen and oxygen atoms in total. The Morgan fingerprint density at radius 3 is 2.00 bits per heavy atom. The highest BCUT2D eigenvalue weighted by Crippen LogP contribution is 2.30. The van der Waals surface area contributed by atoms with Crippen LogP contribution in [0.1, 0.15) is 89.2 Å². The van der Waals surface area contributed by atoms with Gasteiger partial charge >= 0.3 is 5.63 Å². The van der Waals surface area contributed by atoms with Crippen LogP contribution in [0.15, 0.2) is 63.8 Å². The Morgan fingerprint density at radius 1 is 0.639 bits per heavy atom. The fraction of sp³-hybridized carbons (Fsp3) is 0.424. The highest BCUT2D eigenvalue weighted by Gasteiger charge is 2.15. The molecule has 190 valence electrons. The summed E-state index contributed by atoms with van der Waals surface area (Å²) in [6.07, 6.45) is 13.9. The second-order valence-corrected chi connectivity index (χ2v) is 10.1. The maximum absolute atomic E-state index is 15.2. The molecule has 0 aliphatic heterocycles. The van der Waals surface area contributed by atoms with E-state index in [0.29, 0.717) is 22.8 Å². The maximum Gasteiger partial charge on any atom is 0.344 e. The van der Waals surface area contributed by atoms with E-state index in [1.54, 1.807) is 0 Å². The van der Waals surface area contributed by atoms with E-state index in [1.807, 2.05) is 30.3 Å². The van der Waals surface area contributed by atoms with Gasteiger partial charge < -0.3 is 4.42 Å². The number of rotatable bonds is 13. The number of benzene rings is 3. The molecule has 0 aliphatic carbocycles. The summed E-state index contributed by atoms with van der Waals surface area (Å²) in [6.45, 7) is 4.41. The van der Waals surface area contributed by atoms with E-state index in [2.05, 4.69) is 38.1 Å². The Labute approximate surface area is 214 Å². The highest BCUT2D eigenvalue weighted by atomic mass is 19.1. The van der Waals surface area contributed by atoms with Crippen LogP contribution in [-0.4, -0.2) is 0 Å². The number of aryl methyl sites for hydroxylation is 2. The lowest BCUT2D eigenvalue weighted by atomic mass is 9.97. The molecule has 0 aliphatic rings. The molecule has 0 N–H and O–H groups in total. The average molecular weight is 487 g/mol. The molecule has 0 bridgehead atoms. The van der Waals surface area contributed by atoms with E-state index < -0.39 is 11.4 Å². The van der Waals surface area contributed by atoms with Gasteiger partial charge in [-0.3, -0.25) is 0 Å². The van der Waals surface area contributed by atoms with Gasteiger partial charge in [0.15, 0.2) is 11.4 Å². The van der Waals surface area contributed by atoms with Crippen molar-refractivity contribution in [3.05, 3.63) is 82.0 Å². The van der Waals surface area contributed by atoms with Crippen LogP contribution in [0.5, 0.6) is 0 Å². The quantitative estimate of drug-likeness (QED) is 0.107. The zero-order chi connectivity index (χ0) is 25.3. The molecule has 4 aromatic rings. The Bertz CT molecular complexity index is 1330. The molecular formula is C33H39FO2. The first-order valence-electron chi connectivity index (χ1n) is 13.9. The first-order chi connectivity index (χ1) is 17.6. The maximum atomic E-state index is 15.2. The molecule has 0 atom stereocenters. The van der Waals surface area contributed by atoms with Gasteiger partial charge in [-0.2, -0.15) is 0 Å². The van der Waals surface area contributed by atoms with Crippen LogP contribution in [0.4, 0.5) is 4.39 Å². The zero-order valence-electron chi connectivity index (χ0n) is 21.9. The van der Waals surface area contributed by atoms with Crippen LogP contribution in [-0.2, 0) is 12.8 Å². The second kappa shape index (κ2) is 12.9. The lowest BCUT2D eigenvalue weighted by Crippen LogP contribution is -2.03. The number of hydrogen-bond acceptors (Lipinski definition) is 2. The highest BCUT2D eigenvalue weighted by molar-refractivity contribution is 6.05. The molecule has 1 heterocycles. The van der Waals surface area contributed by atoms with E-state index in [1.165, 1.54) is 44.1 Å². The van der Waals surface area contributed by atoms with E-state index in [9.17, 15) is 4.79 Å². The molecule has 3 aromatic carbocycles. The van der Waals surface area contributed by atoms with Crippen LogP contribution in [0.25, 0.3) is 32.9 Å². The smallest absolute Gasteiger partial charge is 0.344 e. The minimum absolute atomic E-state index is 0.0762. The molecular weight excluding hydrogens is 447 g/mol. The fourth-order valence-electron chi connectivity index (χ4n) is 5.09. The Balaban J connectivity index is 1.52. The van der Waals surface area contributed by atoms with Crippen molar-refractivity contribution in [2.45, 2.75) is 90.9 Å². The van der Waals surface area contributed by atoms with Crippen molar-refractivity contribution < 1.29 is 8.81 Å². The van der Waals surface area contributed by atoms with Crippen LogP contribution >= 0.6 is 0 Å². The van der Waals surface area contributed by atoms with Crippen molar-refractivity contribution in [2.24, 2.45) is 0 Å². The zero-order valence-corrected chi connectivity index (χ0v) is 21.9. The second-order valence-electron chi connectivity index (χ2n) is 10.1. The van der Waals surface area contributed by atoms with E-state index >= 15 is 4.39 Å². The molecule has 0 saturated heterocycles. The van der Waals surface area contributed by atoms with Gasteiger partial charge in [0.25, 0.3) is 0 Å². The number of fused-ring (bicyclic) bond motifs is 3. The van der Waals surface area contributed by atoms with Gasteiger partial charge in [-0.1, -0.05) is 114 Å². The van der Waals surface area contributed by atoms with Crippen LogP contribution < -0.4 is 5.63 Å². The largest absolute Gasteiger partial charge is 0.419 e. The first-order valence-corrected chi connectivity index (χ1v) is 13.9. The summed E-state index contributed by atoms with van der Waals surface area (Å²) in [4.78, 5) is 12.9. The lowest BCUT2D eigenvalue weighted by Gasteiger charge is -2.10. The number of hydrogen-bond donors (Lipinski definition) is 0. The predicted molar refractivity (Wildman–Crippen MR) is 150 cm³/mol. The average Bonchev–Trinajstić information content (AvgIpc) is 2.90. The van der Waals surface area contributed by atoms with Crippen molar-refractivity contribution in [1.29, 1.82) is 0 Å².